The zero-order valence-corrected chi connectivity index (χ0v) is 6.97. The highest BCUT2D eigenvalue weighted by Crippen LogP contribution is 2.33. The van der Waals surface area contributed by atoms with Crippen LogP contribution in [0, 0.1) is 5.41 Å². The number of nitrogens with zero attached hydrogens (tertiary/aromatic N) is 1. The average molecular weight is 175 g/mol. The first kappa shape index (κ1) is 7.98. The Morgan fingerprint density at radius 1 is 1.54 bits per heavy atom. The van der Waals surface area contributed by atoms with Crippen LogP contribution in [0.15, 0.2) is 41.6 Å². The van der Waals surface area contributed by atoms with Gasteiger partial charge in [0, 0.05) is 6.20 Å². The maximum Gasteiger partial charge on any atom is 0.319 e. The molecule has 0 saturated heterocycles. The van der Waals surface area contributed by atoms with Gasteiger partial charge in [-0.2, -0.15) is 0 Å². The number of hydrogen-bond acceptors (Lipinski definition) is 2. The van der Waals surface area contributed by atoms with E-state index in [0.29, 0.717) is 12.1 Å². The van der Waals surface area contributed by atoms with Gasteiger partial charge in [0.05, 0.1) is 5.71 Å². The van der Waals surface area contributed by atoms with Gasteiger partial charge in [0.25, 0.3) is 0 Å². The molecule has 0 saturated carbocycles. The van der Waals surface area contributed by atoms with Crippen molar-refractivity contribution in [1.82, 2.24) is 0 Å². The Hall–Kier alpha value is -1.64. The lowest BCUT2D eigenvalue weighted by Gasteiger charge is -2.28. The van der Waals surface area contributed by atoms with Crippen molar-refractivity contribution in [3.8, 4) is 0 Å². The second-order valence-electron chi connectivity index (χ2n) is 3.10. The van der Waals surface area contributed by atoms with E-state index in [2.05, 4.69) is 4.99 Å². The summed E-state index contributed by atoms with van der Waals surface area (Å²) in [6, 6.07) is 0. The molecule has 1 aliphatic carbocycles. The molecule has 0 aromatic rings. The minimum atomic E-state index is -0.913. The van der Waals surface area contributed by atoms with Crippen molar-refractivity contribution < 1.29 is 9.90 Å². The lowest BCUT2D eigenvalue weighted by Crippen LogP contribution is -2.38. The standard InChI is InChI=1S/C10H9NO2/c12-9(13)10-5-2-1-4-8(10)11-7-3-6-10/h1-5,7H,6H2,(H,12,13). The van der Waals surface area contributed by atoms with Gasteiger partial charge in [-0.3, -0.25) is 9.79 Å². The van der Waals surface area contributed by atoms with E-state index in [1.54, 1.807) is 36.6 Å². The normalized spacial score (nSPS) is 29.7. The zero-order chi connectivity index (χ0) is 9.31. The summed E-state index contributed by atoms with van der Waals surface area (Å²) in [5.41, 5.74) is -0.297. The number of hydrogen-bond donors (Lipinski definition) is 1. The van der Waals surface area contributed by atoms with Crippen LogP contribution >= 0.6 is 0 Å². The third-order valence-electron chi connectivity index (χ3n) is 2.34. The summed E-state index contributed by atoms with van der Waals surface area (Å²) >= 11 is 0. The van der Waals surface area contributed by atoms with Gasteiger partial charge in [0.15, 0.2) is 0 Å². The Labute approximate surface area is 75.8 Å². The predicted molar refractivity (Wildman–Crippen MR) is 49.5 cm³/mol. The largest absolute Gasteiger partial charge is 0.480 e. The van der Waals surface area contributed by atoms with Gasteiger partial charge in [0.1, 0.15) is 5.41 Å². The Balaban J connectivity index is 2.51. The molecule has 3 heteroatoms. The Morgan fingerprint density at radius 2 is 2.38 bits per heavy atom. The number of aliphatic carboxylic acids is 1. The Morgan fingerprint density at radius 3 is 3.08 bits per heavy atom. The summed E-state index contributed by atoms with van der Waals surface area (Å²) in [5.74, 6) is -0.837. The quantitative estimate of drug-likeness (QED) is 0.657. The van der Waals surface area contributed by atoms with Crippen molar-refractivity contribution in [2.24, 2.45) is 10.4 Å². The summed E-state index contributed by atoms with van der Waals surface area (Å²) in [7, 11) is 0. The highest BCUT2D eigenvalue weighted by atomic mass is 16.4. The van der Waals surface area contributed by atoms with Crippen molar-refractivity contribution >= 4 is 11.7 Å². The van der Waals surface area contributed by atoms with Crippen LogP contribution in [0.3, 0.4) is 0 Å². The first-order valence-electron chi connectivity index (χ1n) is 4.08. The molecular weight excluding hydrogens is 166 g/mol. The van der Waals surface area contributed by atoms with Crippen molar-refractivity contribution in [1.29, 1.82) is 0 Å². The number of allylic oxidation sites excluding steroid dienone is 4. The van der Waals surface area contributed by atoms with Crippen LogP contribution in [-0.4, -0.2) is 16.8 Å². The van der Waals surface area contributed by atoms with E-state index in [-0.39, 0.29) is 0 Å². The van der Waals surface area contributed by atoms with Crippen LogP contribution < -0.4 is 0 Å². The van der Waals surface area contributed by atoms with E-state index in [1.807, 2.05) is 0 Å². The second-order valence-corrected chi connectivity index (χ2v) is 3.10. The molecule has 66 valence electrons. The second kappa shape index (κ2) is 2.69. The lowest BCUT2D eigenvalue weighted by molar-refractivity contribution is -0.142. The van der Waals surface area contributed by atoms with Gasteiger partial charge in [-0.1, -0.05) is 24.3 Å². The molecule has 2 rings (SSSR count). The number of aliphatic imine (C=N–C) groups is 1. The van der Waals surface area contributed by atoms with Crippen LogP contribution in [0.25, 0.3) is 0 Å². The van der Waals surface area contributed by atoms with Crippen LogP contribution in [0.2, 0.25) is 0 Å². The third kappa shape index (κ3) is 1.04. The van der Waals surface area contributed by atoms with Gasteiger partial charge >= 0.3 is 5.97 Å². The van der Waals surface area contributed by atoms with Crippen LogP contribution in [0.4, 0.5) is 0 Å². The molecule has 3 nitrogen and oxygen atoms in total. The molecule has 0 aromatic heterocycles. The molecule has 1 N–H and O–H groups in total. The topological polar surface area (TPSA) is 49.7 Å². The molecule has 0 bridgehead atoms. The molecule has 0 fully saturated rings. The summed E-state index contributed by atoms with van der Waals surface area (Å²) in [6.07, 6.45) is 10.9. The van der Waals surface area contributed by atoms with Crippen molar-refractivity contribution in [2.75, 3.05) is 0 Å². The van der Waals surface area contributed by atoms with Gasteiger partial charge in [-0.25, -0.2) is 0 Å². The fourth-order valence-electron chi connectivity index (χ4n) is 1.57. The van der Waals surface area contributed by atoms with Gasteiger partial charge in [-0.05, 0) is 12.5 Å². The fraction of sp³-hybridized carbons (Fsp3) is 0.200. The molecule has 1 unspecified atom stereocenters. The Kier molecular flexibility index (Phi) is 1.65. The minimum Gasteiger partial charge on any atom is -0.480 e. The number of carboxylic acid groups (broad SMARTS) is 1. The number of rotatable bonds is 1. The summed E-state index contributed by atoms with van der Waals surface area (Å²) in [4.78, 5) is 15.2. The summed E-state index contributed by atoms with van der Waals surface area (Å²) in [6.45, 7) is 0. The maximum atomic E-state index is 11.1. The van der Waals surface area contributed by atoms with Gasteiger partial charge in [0.2, 0.25) is 0 Å². The highest BCUT2D eigenvalue weighted by Gasteiger charge is 2.41. The molecule has 0 spiro atoms. The molecule has 1 heterocycles. The predicted octanol–water partition coefficient (Wildman–Crippen LogP) is 1.54. The number of fused-ring (bicyclic) bond motifs is 1. The molecule has 1 atom stereocenters. The molecule has 0 amide bonds. The monoisotopic (exact) mass is 175 g/mol. The molecule has 2 aliphatic rings. The highest BCUT2D eigenvalue weighted by molar-refractivity contribution is 6.15. The third-order valence-corrected chi connectivity index (χ3v) is 2.34. The van der Waals surface area contributed by atoms with Crippen LogP contribution in [0.5, 0.6) is 0 Å². The summed E-state index contributed by atoms with van der Waals surface area (Å²) < 4.78 is 0. The Bertz CT molecular complexity index is 363. The zero-order valence-electron chi connectivity index (χ0n) is 6.97. The molecule has 13 heavy (non-hydrogen) atoms. The van der Waals surface area contributed by atoms with Gasteiger partial charge < -0.3 is 5.11 Å². The first-order valence-corrected chi connectivity index (χ1v) is 4.08. The smallest absolute Gasteiger partial charge is 0.319 e. The van der Waals surface area contributed by atoms with Crippen molar-refractivity contribution in [2.45, 2.75) is 6.42 Å². The maximum absolute atomic E-state index is 11.1. The SMILES string of the molecule is O=C(O)C12C=CC=CC1=NC=CC2. The lowest BCUT2D eigenvalue weighted by atomic mass is 9.76. The van der Waals surface area contributed by atoms with E-state index in [0.717, 1.165) is 0 Å². The molecule has 0 radical (unpaired) electrons. The van der Waals surface area contributed by atoms with E-state index in [1.165, 1.54) is 0 Å². The molecule has 1 aliphatic heterocycles. The molecule has 0 aromatic carbocycles. The average Bonchev–Trinajstić information content (AvgIpc) is 2.17. The fourth-order valence-corrected chi connectivity index (χ4v) is 1.57. The summed E-state index contributed by atoms with van der Waals surface area (Å²) in [5, 5.41) is 9.12. The number of carboxylic acids is 1. The molecular formula is C10H9NO2. The van der Waals surface area contributed by atoms with Crippen LogP contribution in [0.1, 0.15) is 6.42 Å². The van der Waals surface area contributed by atoms with E-state index in [4.69, 9.17) is 5.11 Å². The van der Waals surface area contributed by atoms with Crippen molar-refractivity contribution in [3.05, 3.63) is 36.6 Å². The first-order chi connectivity index (χ1) is 6.26. The van der Waals surface area contributed by atoms with Crippen LogP contribution in [-0.2, 0) is 4.79 Å². The van der Waals surface area contributed by atoms with E-state index >= 15 is 0 Å². The van der Waals surface area contributed by atoms with E-state index < -0.39 is 11.4 Å². The minimum absolute atomic E-state index is 0.488. The van der Waals surface area contributed by atoms with Gasteiger partial charge in [-0.15, -0.1) is 0 Å². The number of carbonyl (C=O) groups is 1. The van der Waals surface area contributed by atoms with E-state index in [9.17, 15) is 4.79 Å². The van der Waals surface area contributed by atoms with Crippen molar-refractivity contribution in [3.63, 3.8) is 0 Å².